The van der Waals surface area contributed by atoms with Gasteiger partial charge in [0.05, 0.1) is 11.3 Å². The highest BCUT2D eigenvalue weighted by Gasteiger charge is 2.14. The van der Waals surface area contributed by atoms with Crippen LogP contribution >= 0.6 is 0 Å². The smallest absolute Gasteiger partial charge is 0.337 e. The maximum Gasteiger partial charge on any atom is 0.337 e. The fraction of sp³-hybridized carbons (Fsp3) is 0.200. The van der Waals surface area contributed by atoms with Gasteiger partial charge in [-0.05, 0) is 24.5 Å². The number of aliphatic imine (C=N–C) groups is 1. The highest BCUT2D eigenvalue weighted by atomic mass is 16.4. The topological polar surface area (TPSA) is 49.7 Å². The first kappa shape index (κ1) is 7.98. The van der Waals surface area contributed by atoms with Gasteiger partial charge in [-0.25, -0.2) is 4.79 Å². The maximum atomic E-state index is 10.8. The van der Waals surface area contributed by atoms with E-state index >= 15 is 0 Å². The van der Waals surface area contributed by atoms with E-state index in [1.54, 1.807) is 18.3 Å². The largest absolute Gasteiger partial charge is 0.478 e. The van der Waals surface area contributed by atoms with Crippen LogP contribution in [-0.4, -0.2) is 17.3 Å². The minimum absolute atomic E-state index is 0.299. The molecule has 0 bridgehead atoms. The number of carbonyl (C=O) groups is 1. The molecule has 0 aliphatic carbocycles. The minimum Gasteiger partial charge on any atom is -0.478 e. The van der Waals surface area contributed by atoms with Gasteiger partial charge >= 0.3 is 5.97 Å². The number of rotatable bonds is 1. The number of benzene rings is 1. The van der Waals surface area contributed by atoms with Crippen LogP contribution in [0.3, 0.4) is 0 Å². The molecule has 0 saturated carbocycles. The van der Waals surface area contributed by atoms with Gasteiger partial charge in [0.1, 0.15) is 0 Å². The first-order valence-corrected chi connectivity index (χ1v) is 4.17. The number of carboxylic acid groups (broad SMARTS) is 1. The predicted octanol–water partition coefficient (Wildman–Crippen LogP) is 2.03. The summed E-state index contributed by atoms with van der Waals surface area (Å²) in [7, 11) is 0. The molecule has 3 heteroatoms. The Morgan fingerprint density at radius 2 is 2.31 bits per heavy atom. The van der Waals surface area contributed by atoms with Gasteiger partial charge in [0.15, 0.2) is 0 Å². The number of hydrogen-bond donors (Lipinski definition) is 1. The van der Waals surface area contributed by atoms with Gasteiger partial charge in [0.25, 0.3) is 0 Å². The average Bonchev–Trinajstić information content (AvgIpc) is 2.17. The Morgan fingerprint density at radius 1 is 1.46 bits per heavy atom. The van der Waals surface area contributed by atoms with Crippen molar-refractivity contribution in [1.82, 2.24) is 0 Å². The third-order valence-electron chi connectivity index (χ3n) is 2.11. The van der Waals surface area contributed by atoms with Crippen molar-refractivity contribution in [2.75, 3.05) is 0 Å². The highest BCUT2D eigenvalue weighted by Crippen LogP contribution is 2.27. The fourth-order valence-corrected chi connectivity index (χ4v) is 1.49. The van der Waals surface area contributed by atoms with E-state index < -0.39 is 5.97 Å². The summed E-state index contributed by atoms with van der Waals surface area (Å²) in [6.07, 6.45) is 3.56. The van der Waals surface area contributed by atoms with Gasteiger partial charge in [-0.2, -0.15) is 0 Å². The van der Waals surface area contributed by atoms with Gasteiger partial charge in [0.2, 0.25) is 0 Å². The summed E-state index contributed by atoms with van der Waals surface area (Å²) in [5.74, 6) is -0.907. The van der Waals surface area contributed by atoms with Crippen molar-refractivity contribution in [1.29, 1.82) is 0 Å². The van der Waals surface area contributed by atoms with Gasteiger partial charge in [-0.15, -0.1) is 0 Å². The third kappa shape index (κ3) is 1.33. The summed E-state index contributed by atoms with van der Waals surface area (Å²) in [6, 6.07) is 5.28. The Labute approximate surface area is 75.7 Å². The molecule has 0 fully saturated rings. The second-order valence-electron chi connectivity index (χ2n) is 2.97. The van der Waals surface area contributed by atoms with E-state index in [9.17, 15) is 4.79 Å². The molecule has 1 aliphatic heterocycles. The van der Waals surface area contributed by atoms with E-state index in [-0.39, 0.29) is 0 Å². The summed E-state index contributed by atoms with van der Waals surface area (Å²) in [4.78, 5) is 14.9. The number of fused-ring (bicyclic) bond motifs is 1. The van der Waals surface area contributed by atoms with E-state index in [1.165, 1.54) is 0 Å². The third-order valence-corrected chi connectivity index (χ3v) is 2.11. The molecule has 13 heavy (non-hydrogen) atoms. The zero-order valence-electron chi connectivity index (χ0n) is 7.03. The number of carboxylic acids is 1. The van der Waals surface area contributed by atoms with Gasteiger partial charge in [0, 0.05) is 6.21 Å². The van der Waals surface area contributed by atoms with E-state index in [0.29, 0.717) is 11.3 Å². The lowest BCUT2D eigenvalue weighted by atomic mass is 10.0. The fourth-order valence-electron chi connectivity index (χ4n) is 1.49. The molecule has 2 rings (SSSR count). The summed E-state index contributed by atoms with van der Waals surface area (Å²) in [5, 5.41) is 8.87. The molecule has 3 nitrogen and oxygen atoms in total. The monoisotopic (exact) mass is 175 g/mol. The van der Waals surface area contributed by atoms with Crippen LogP contribution in [0.15, 0.2) is 23.2 Å². The molecule has 0 amide bonds. The second kappa shape index (κ2) is 3.01. The number of para-hydroxylation sites is 1. The SMILES string of the molecule is O=C(O)c1cccc2c1N=CCC2. The standard InChI is InChI=1S/C10H9NO2/c12-10(13)8-5-1-3-7-4-2-6-11-9(7)8/h1,3,5-6H,2,4H2,(H,12,13). The van der Waals surface area contributed by atoms with Crippen LogP contribution in [0.1, 0.15) is 22.3 Å². The van der Waals surface area contributed by atoms with E-state index in [1.807, 2.05) is 6.07 Å². The van der Waals surface area contributed by atoms with Crippen molar-refractivity contribution < 1.29 is 9.90 Å². The van der Waals surface area contributed by atoms with E-state index in [2.05, 4.69) is 4.99 Å². The average molecular weight is 175 g/mol. The Balaban J connectivity index is 2.60. The Hall–Kier alpha value is -1.64. The lowest BCUT2D eigenvalue weighted by molar-refractivity contribution is 0.0697. The molecule has 0 unspecified atom stereocenters. The van der Waals surface area contributed by atoms with E-state index in [0.717, 1.165) is 18.4 Å². The van der Waals surface area contributed by atoms with Crippen molar-refractivity contribution in [3.8, 4) is 0 Å². The van der Waals surface area contributed by atoms with Crippen LogP contribution in [0.5, 0.6) is 0 Å². The van der Waals surface area contributed by atoms with Crippen LogP contribution in [-0.2, 0) is 6.42 Å². The van der Waals surface area contributed by atoms with Crippen LogP contribution in [0.25, 0.3) is 0 Å². The molecule has 0 spiro atoms. The van der Waals surface area contributed by atoms with Gasteiger partial charge < -0.3 is 5.11 Å². The first-order chi connectivity index (χ1) is 6.29. The zero-order chi connectivity index (χ0) is 9.26. The summed E-state index contributed by atoms with van der Waals surface area (Å²) >= 11 is 0. The molecule has 0 saturated heterocycles. The highest BCUT2D eigenvalue weighted by molar-refractivity contribution is 5.95. The summed E-state index contributed by atoms with van der Waals surface area (Å²) in [6.45, 7) is 0. The Bertz CT molecular complexity index is 383. The quantitative estimate of drug-likeness (QED) is 0.709. The predicted molar refractivity (Wildman–Crippen MR) is 49.9 cm³/mol. The minimum atomic E-state index is -0.907. The van der Waals surface area contributed by atoms with Crippen LogP contribution in [0.2, 0.25) is 0 Å². The number of hydrogen-bond acceptors (Lipinski definition) is 2. The van der Waals surface area contributed by atoms with Crippen molar-refractivity contribution in [3.05, 3.63) is 29.3 Å². The van der Waals surface area contributed by atoms with Crippen molar-refractivity contribution in [3.63, 3.8) is 0 Å². The Kier molecular flexibility index (Phi) is 1.85. The molecule has 1 N–H and O–H groups in total. The zero-order valence-corrected chi connectivity index (χ0v) is 7.03. The van der Waals surface area contributed by atoms with Crippen LogP contribution < -0.4 is 0 Å². The molecule has 66 valence electrons. The molecular formula is C10H9NO2. The molecule has 0 aromatic heterocycles. The normalized spacial score (nSPS) is 13.8. The molecule has 1 aromatic rings. The molecule has 0 atom stereocenters. The van der Waals surface area contributed by atoms with Gasteiger partial charge in [-0.3, -0.25) is 4.99 Å². The molecule has 1 aliphatic rings. The number of nitrogens with zero attached hydrogens (tertiary/aromatic N) is 1. The Morgan fingerprint density at radius 3 is 3.08 bits per heavy atom. The van der Waals surface area contributed by atoms with Crippen LogP contribution in [0, 0.1) is 0 Å². The van der Waals surface area contributed by atoms with Crippen LogP contribution in [0.4, 0.5) is 5.69 Å². The molecule has 1 aromatic carbocycles. The lowest BCUT2D eigenvalue weighted by Crippen LogP contribution is -2.02. The lowest BCUT2D eigenvalue weighted by Gasteiger charge is -2.10. The van der Waals surface area contributed by atoms with Gasteiger partial charge in [-0.1, -0.05) is 12.1 Å². The van der Waals surface area contributed by atoms with Crippen molar-refractivity contribution in [2.45, 2.75) is 12.8 Å². The molecular weight excluding hydrogens is 166 g/mol. The number of aryl methyl sites for hydroxylation is 1. The molecule has 0 radical (unpaired) electrons. The maximum absolute atomic E-state index is 10.8. The van der Waals surface area contributed by atoms with Crippen molar-refractivity contribution in [2.24, 2.45) is 4.99 Å². The van der Waals surface area contributed by atoms with E-state index in [4.69, 9.17) is 5.11 Å². The summed E-state index contributed by atoms with van der Waals surface area (Å²) in [5.41, 5.74) is 1.96. The second-order valence-corrected chi connectivity index (χ2v) is 2.97. The molecule has 1 heterocycles. The first-order valence-electron chi connectivity index (χ1n) is 4.17. The number of aromatic carboxylic acids is 1. The van der Waals surface area contributed by atoms with Crippen molar-refractivity contribution >= 4 is 17.9 Å². The summed E-state index contributed by atoms with van der Waals surface area (Å²) < 4.78 is 0.